The molecule has 0 fully saturated rings. The van der Waals surface area contributed by atoms with E-state index in [1.807, 2.05) is 43.3 Å². The van der Waals surface area contributed by atoms with E-state index in [9.17, 15) is 4.39 Å². The van der Waals surface area contributed by atoms with E-state index in [1.165, 1.54) is 6.07 Å². The first-order valence-electron chi connectivity index (χ1n) is 9.04. The fourth-order valence-electron chi connectivity index (χ4n) is 2.78. The van der Waals surface area contributed by atoms with Crippen molar-refractivity contribution in [2.24, 2.45) is 4.99 Å². The molecule has 0 radical (unpaired) electrons. The minimum Gasteiger partial charge on any atom is -0.497 e. The topological polar surface area (TPSA) is 58.1 Å². The van der Waals surface area contributed by atoms with Crippen LogP contribution in [0.3, 0.4) is 0 Å². The third-order valence-corrected chi connectivity index (χ3v) is 4.22. The summed E-state index contributed by atoms with van der Waals surface area (Å²) in [5.41, 5.74) is 2.65. The third kappa shape index (κ3) is 6.13. The quantitative estimate of drug-likeness (QED) is 0.538. The molecule has 0 aliphatic rings. The lowest BCUT2D eigenvalue weighted by Gasteiger charge is -2.15. The molecule has 0 amide bonds. The first-order valence-corrected chi connectivity index (χ1v) is 9.04. The second-order valence-corrected chi connectivity index (χ2v) is 6.62. The smallest absolute Gasteiger partial charge is 0.191 e. The fraction of sp³-hybridized carbons (Fsp3) is 0.381. The van der Waals surface area contributed by atoms with E-state index in [-0.39, 0.29) is 5.82 Å². The zero-order valence-electron chi connectivity index (χ0n) is 17.2. The van der Waals surface area contributed by atoms with Gasteiger partial charge in [0.2, 0.25) is 0 Å². The summed E-state index contributed by atoms with van der Waals surface area (Å²) in [4.78, 5) is 6.19. The SMILES string of the molecule is CN=C(NCc1ccc(F)c(CN(C)C)c1)NCc1ccc(OC)cc1OC. The summed E-state index contributed by atoms with van der Waals surface area (Å²) in [7, 11) is 8.80. The molecule has 2 aromatic carbocycles. The zero-order chi connectivity index (χ0) is 20.5. The highest BCUT2D eigenvalue weighted by Gasteiger charge is 2.08. The van der Waals surface area contributed by atoms with Crippen LogP contribution >= 0.6 is 0 Å². The summed E-state index contributed by atoms with van der Waals surface area (Å²) in [5.74, 6) is 1.95. The molecule has 0 spiro atoms. The van der Waals surface area contributed by atoms with Crippen molar-refractivity contribution < 1.29 is 13.9 Å². The van der Waals surface area contributed by atoms with Crippen LogP contribution in [0.25, 0.3) is 0 Å². The molecule has 2 rings (SSSR count). The van der Waals surface area contributed by atoms with Gasteiger partial charge in [-0.3, -0.25) is 4.99 Å². The van der Waals surface area contributed by atoms with E-state index in [4.69, 9.17) is 9.47 Å². The largest absolute Gasteiger partial charge is 0.497 e. The van der Waals surface area contributed by atoms with Crippen molar-refractivity contribution in [3.63, 3.8) is 0 Å². The molecule has 2 N–H and O–H groups in total. The predicted octanol–water partition coefficient (Wildman–Crippen LogP) is 2.77. The van der Waals surface area contributed by atoms with Crippen LogP contribution in [0, 0.1) is 5.82 Å². The van der Waals surface area contributed by atoms with Gasteiger partial charge in [-0.15, -0.1) is 0 Å². The van der Waals surface area contributed by atoms with Crippen LogP contribution in [0.1, 0.15) is 16.7 Å². The molecule has 0 atom stereocenters. The molecular formula is C21H29FN4O2. The van der Waals surface area contributed by atoms with Crippen molar-refractivity contribution in [2.75, 3.05) is 35.4 Å². The van der Waals surface area contributed by atoms with Crippen LogP contribution in [0.15, 0.2) is 41.4 Å². The summed E-state index contributed by atoms with van der Waals surface area (Å²) < 4.78 is 24.6. The lowest BCUT2D eigenvalue weighted by Crippen LogP contribution is -2.36. The van der Waals surface area contributed by atoms with Gasteiger partial charge in [0.15, 0.2) is 5.96 Å². The van der Waals surface area contributed by atoms with Crippen molar-refractivity contribution in [1.82, 2.24) is 15.5 Å². The van der Waals surface area contributed by atoms with E-state index in [2.05, 4.69) is 15.6 Å². The Morgan fingerprint density at radius 2 is 1.75 bits per heavy atom. The highest BCUT2D eigenvalue weighted by atomic mass is 19.1. The van der Waals surface area contributed by atoms with Gasteiger partial charge in [0.25, 0.3) is 0 Å². The Morgan fingerprint density at radius 3 is 2.39 bits per heavy atom. The number of nitrogens with zero attached hydrogens (tertiary/aromatic N) is 2. The minimum atomic E-state index is -0.188. The predicted molar refractivity (Wildman–Crippen MR) is 110 cm³/mol. The summed E-state index contributed by atoms with van der Waals surface area (Å²) >= 11 is 0. The van der Waals surface area contributed by atoms with Gasteiger partial charge in [-0.1, -0.05) is 6.07 Å². The fourth-order valence-corrected chi connectivity index (χ4v) is 2.78. The highest BCUT2D eigenvalue weighted by Crippen LogP contribution is 2.24. The zero-order valence-corrected chi connectivity index (χ0v) is 17.2. The Hall–Kier alpha value is -2.80. The van der Waals surface area contributed by atoms with E-state index in [0.717, 1.165) is 22.6 Å². The summed E-state index contributed by atoms with van der Waals surface area (Å²) in [5, 5.41) is 6.52. The normalized spacial score (nSPS) is 11.5. The van der Waals surface area contributed by atoms with Gasteiger partial charge in [-0.25, -0.2) is 4.39 Å². The lowest BCUT2D eigenvalue weighted by atomic mass is 10.1. The van der Waals surface area contributed by atoms with Gasteiger partial charge in [0.1, 0.15) is 17.3 Å². The molecule has 0 aliphatic carbocycles. The van der Waals surface area contributed by atoms with Gasteiger partial charge in [0, 0.05) is 43.9 Å². The lowest BCUT2D eigenvalue weighted by molar-refractivity contribution is 0.390. The van der Waals surface area contributed by atoms with Crippen LogP contribution in [0.2, 0.25) is 0 Å². The molecule has 0 aromatic heterocycles. The van der Waals surface area contributed by atoms with Crippen LogP contribution in [0.5, 0.6) is 11.5 Å². The minimum absolute atomic E-state index is 0.188. The van der Waals surface area contributed by atoms with E-state index in [0.29, 0.717) is 31.2 Å². The Bertz CT molecular complexity index is 809. The van der Waals surface area contributed by atoms with Crippen LogP contribution in [-0.2, 0) is 19.6 Å². The molecule has 7 heteroatoms. The van der Waals surface area contributed by atoms with Gasteiger partial charge < -0.3 is 25.0 Å². The average Bonchev–Trinajstić information content (AvgIpc) is 2.69. The monoisotopic (exact) mass is 388 g/mol. The van der Waals surface area contributed by atoms with Gasteiger partial charge in [-0.05, 0) is 43.9 Å². The third-order valence-electron chi connectivity index (χ3n) is 4.22. The maximum atomic E-state index is 13.9. The Morgan fingerprint density at radius 1 is 1.00 bits per heavy atom. The first kappa shape index (κ1) is 21.5. The summed E-state index contributed by atoms with van der Waals surface area (Å²) in [6, 6.07) is 10.8. The number of rotatable bonds is 8. The van der Waals surface area contributed by atoms with Crippen molar-refractivity contribution >= 4 is 5.96 Å². The van der Waals surface area contributed by atoms with Gasteiger partial charge in [-0.2, -0.15) is 0 Å². The van der Waals surface area contributed by atoms with Crippen molar-refractivity contribution in [2.45, 2.75) is 19.6 Å². The Kier molecular flexibility index (Phi) is 8.07. The number of guanidine groups is 1. The van der Waals surface area contributed by atoms with E-state index >= 15 is 0 Å². The molecule has 0 aliphatic heterocycles. The number of halogens is 1. The van der Waals surface area contributed by atoms with Crippen LogP contribution in [-0.4, -0.2) is 46.2 Å². The van der Waals surface area contributed by atoms with E-state index in [1.54, 1.807) is 27.3 Å². The summed E-state index contributed by atoms with van der Waals surface area (Å²) in [6.45, 7) is 1.65. The molecule has 152 valence electrons. The number of nitrogens with one attached hydrogen (secondary N) is 2. The molecular weight excluding hydrogens is 359 g/mol. The second kappa shape index (κ2) is 10.5. The number of aliphatic imine (C=N–C) groups is 1. The number of ether oxygens (including phenoxy) is 2. The highest BCUT2D eigenvalue weighted by molar-refractivity contribution is 5.79. The maximum Gasteiger partial charge on any atom is 0.191 e. The molecule has 0 heterocycles. The molecule has 0 saturated heterocycles. The Balaban J connectivity index is 1.97. The van der Waals surface area contributed by atoms with Crippen LogP contribution < -0.4 is 20.1 Å². The van der Waals surface area contributed by atoms with Crippen molar-refractivity contribution in [1.29, 1.82) is 0 Å². The van der Waals surface area contributed by atoms with E-state index < -0.39 is 0 Å². The van der Waals surface area contributed by atoms with Crippen LogP contribution in [0.4, 0.5) is 4.39 Å². The van der Waals surface area contributed by atoms with Crippen molar-refractivity contribution in [3.8, 4) is 11.5 Å². The second-order valence-electron chi connectivity index (χ2n) is 6.62. The van der Waals surface area contributed by atoms with Crippen molar-refractivity contribution in [3.05, 3.63) is 58.9 Å². The molecule has 0 bridgehead atoms. The number of hydrogen-bond acceptors (Lipinski definition) is 4. The standard InChI is InChI=1S/C21H29FN4O2/c1-23-21(25-13-16-7-8-18(27-4)11-20(16)28-5)24-12-15-6-9-19(22)17(10-15)14-26(2)3/h6-11H,12-14H2,1-5H3,(H2,23,24,25). The maximum absolute atomic E-state index is 13.9. The Labute approximate surface area is 166 Å². The summed E-state index contributed by atoms with van der Waals surface area (Å²) in [6.07, 6.45) is 0. The molecule has 6 nitrogen and oxygen atoms in total. The first-order chi connectivity index (χ1) is 13.5. The average molecular weight is 388 g/mol. The number of hydrogen-bond donors (Lipinski definition) is 2. The van der Waals surface area contributed by atoms with Gasteiger partial charge >= 0.3 is 0 Å². The molecule has 2 aromatic rings. The number of methoxy groups -OCH3 is 2. The van der Waals surface area contributed by atoms with Gasteiger partial charge in [0.05, 0.1) is 14.2 Å². The molecule has 28 heavy (non-hydrogen) atoms. The number of benzene rings is 2. The molecule has 0 unspecified atom stereocenters. The molecule has 0 saturated carbocycles.